The average Bonchev–Trinajstić information content (AvgIpc) is 2.54. The van der Waals surface area contributed by atoms with E-state index in [1.807, 2.05) is 0 Å². The smallest absolute Gasteiger partial charge is 0.189 e. The number of ketones is 1. The highest BCUT2D eigenvalue weighted by atomic mass is 16.6. The second-order valence-electron chi connectivity index (χ2n) is 4.54. The highest BCUT2D eigenvalue weighted by Gasteiger charge is 2.42. The Bertz CT molecular complexity index is 320. The van der Waals surface area contributed by atoms with E-state index in [0.29, 0.717) is 0 Å². The van der Waals surface area contributed by atoms with E-state index in [0.717, 1.165) is 0 Å². The molecule has 0 amide bonds. The fraction of sp³-hybridized carbons (Fsp3) is 0.909. The number of hydrogen-bond acceptors (Lipinski definition) is 11. The van der Waals surface area contributed by atoms with Crippen LogP contribution in [0.15, 0.2) is 0 Å². The summed E-state index contributed by atoms with van der Waals surface area (Å²) in [4.78, 5) is 10.3. The molecule has 0 spiro atoms. The van der Waals surface area contributed by atoms with Gasteiger partial charge in [0.1, 0.15) is 43.2 Å². The maximum Gasteiger partial charge on any atom is 0.189 e. The Balaban J connectivity index is 0.000000409. The van der Waals surface area contributed by atoms with Gasteiger partial charge in [-0.05, 0) is 0 Å². The summed E-state index contributed by atoms with van der Waals surface area (Å²) >= 11 is 0. The van der Waals surface area contributed by atoms with Crippen molar-refractivity contribution in [1.29, 1.82) is 0 Å². The van der Waals surface area contributed by atoms with Gasteiger partial charge in [-0.2, -0.15) is 0 Å². The highest BCUT2D eigenvalue weighted by Crippen LogP contribution is 2.18. The number of ether oxygens (including phenoxy) is 1. The molecule has 0 aromatic rings. The predicted octanol–water partition coefficient (Wildman–Crippen LogP) is -5.96. The lowest BCUT2D eigenvalue weighted by Gasteiger charge is -2.37. The number of carbonyl (C=O) groups excluding carboxylic acids is 1. The van der Waals surface area contributed by atoms with Gasteiger partial charge in [0.25, 0.3) is 0 Å². The summed E-state index contributed by atoms with van der Waals surface area (Å²) in [5, 5.41) is 78.3. The van der Waals surface area contributed by atoms with E-state index < -0.39 is 68.5 Å². The van der Waals surface area contributed by atoms with Crippen LogP contribution in [0.1, 0.15) is 0 Å². The minimum absolute atomic E-state index is 0.526. The molecule has 0 aromatic carbocycles. The molecule has 9 N–H and O–H groups in total. The van der Waals surface area contributed by atoms with Crippen LogP contribution in [0.3, 0.4) is 0 Å². The van der Waals surface area contributed by atoms with Crippen molar-refractivity contribution in [3.63, 3.8) is 0 Å². The summed E-state index contributed by atoms with van der Waals surface area (Å²) in [5.74, 6) is -0.901. The molecule has 0 saturated carbocycles. The maximum atomic E-state index is 10.3. The molecule has 1 aliphatic heterocycles. The van der Waals surface area contributed by atoms with Gasteiger partial charge in [-0.1, -0.05) is 0 Å². The highest BCUT2D eigenvalue weighted by molar-refractivity contribution is 5.84. The van der Waals surface area contributed by atoms with Gasteiger partial charge in [0, 0.05) is 0 Å². The van der Waals surface area contributed by atoms with Gasteiger partial charge in [-0.25, -0.2) is 0 Å². The van der Waals surface area contributed by atoms with E-state index >= 15 is 0 Å². The molecule has 1 fully saturated rings. The molecule has 7 atom stereocenters. The van der Waals surface area contributed by atoms with Crippen molar-refractivity contribution in [3.05, 3.63) is 0 Å². The van der Waals surface area contributed by atoms with Crippen LogP contribution >= 0.6 is 0 Å². The Hall–Kier alpha value is -0.730. The second-order valence-corrected chi connectivity index (χ2v) is 4.54. The largest absolute Gasteiger partial charge is 0.394 e. The third-order valence-corrected chi connectivity index (χ3v) is 2.90. The molecule has 22 heavy (non-hydrogen) atoms. The van der Waals surface area contributed by atoms with Crippen molar-refractivity contribution < 1.29 is 55.5 Å². The molecule has 11 nitrogen and oxygen atoms in total. The summed E-state index contributed by atoms with van der Waals surface area (Å²) < 4.78 is 4.58. The minimum Gasteiger partial charge on any atom is -0.394 e. The normalized spacial score (nSPS) is 34.3. The zero-order valence-corrected chi connectivity index (χ0v) is 11.5. The lowest BCUT2D eigenvalue weighted by atomic mass is 10.00. The Morgan fingerprint density at radius 2 is 1.50 bits per heavy atom. The number of Topliss-reactive ketones (excluding diaryl/α,β-unsaturated/α-hetero) is 1. The number of aliphatic hydroxyl groups is 9. The fourth-order valence-electron chi connectivity index (χ4n) is 1.49. The number of carbonyl (C=O) groups is 1. The van der Waals surface area contributed by atoms with Gasteiger partial charge in [-0.3, -0.25) is 4.79 Å². The SMILES string of the molecule is O=C(CO)C(O)C(O)CO.OC[C@H]1OC(O)[C@H](O)[C@@H](O)[C@@H]1O. The molecular formula is C11H22O11. The van der Waals surface area contributed by atoms with E-state index in [2.05, 4.69) is 4.74 Å². The Morgan fingerprint density at radius 3 is 1.91 bits per heavy atom. The summed E-state index contributed by atoms with van der Waals surface area (Å²) in [6.07, 6.45) is -10.2. The third-order valence-electron chi connectivity index (χ3n) is 2.90. The van der Waals surface area contributed by atoms with Crippen LogP contribution in [0.2, 0.25) is 0 Å². The fourth-order valence-corrected chi connectivity index (χ4v) is 1.49. The van der Waals surface area contributed by atoms with Crippen molar-refractivity contribution in [1.82, 2.24) is 0 Å². The summed E-state index contributed by atoms with van der Waals surface area (Å²) in [6.45, 7) is -2.06. The average molecular weight is 330 g/mol. The van der Waals surface area contributed by atoms with Crippen LogP contribution in [0.25, 0.3) is 0 Å². The molecular weight excluding hydrogens is 308 g/mol. The number of rotatable bonds is 5. The topological polar surface area (TPSA) is 208 Å². The van der Waals surface area contributed by atoms with Crippen LogP contribution < -0.4 is 0 Å². The van der Waals surface area contributed by atoms with Gasteiger partial charge >= 0.3 is 0 Å². The maximum absolute atomic E-state index is 10.3. The first-order chi connectivity index (χ1) is 10.2. The third kappa shape index (κ3) is 5.81. The van der Waals surface area contributed by atoms with Crippen molar-refractivity contribution >= 4 is 5.78 Å². The summed E-state index contributed by atoms with van der Waals surface area (Å²) in [6, 6.07) is 0. The monoisotopic (exact) mass is 330 g/mol. The number of aliphatic hydroxyl groups excluding tert-OH is 9. The second kappa shape index (κ2) is 10.1. The first-order valence-corrected chi connectivity index (χ1v) is 6.30. The lowest BCUT2D eigenvalue weighted by molar-refractivity contribution is -0.286. The predicted molar refractivity (Wildman–Crippen MR) is 67.2 cm³/mol. The Morgan fingerprint density at radius 1 is 0.955 bits per heavy atom. The van der Waals surface area contributed by atoms with Crippen LogP contribution in [0, 0.1) is 0 Å². The van der Waals surface area contributed by atoms with Crippen molar-refractivity contribution in [2.45, 2.75) is 42.9 Å². The van der Waals surface area contributed by atoms with Crippen molar-refractivity contribution in [2.24, 2.45) is 0 Å². The minimum atomic E-state index is -1.69. The summed E-state index contributed by atoms with van der Waals surface area (Å²) in [5.41, 5.74) is 0. The Labute approximate surface area is 125 Å². The van der Waals surface area contributed by atoms with Gasteiger partial charge in [-0.15, -0.1) is 0 Å². The number of hydrogen-bond donors (Lipinski definition) is 9. The Kier molecular flexibility index (Phi) is 9.79. The standard InChI is InChI=1S/C6H12O6.C5H10O5/c7-1-2-3(8)4(9)5(10)6(11)12-2;6-1-3(8)5(10)4(9)2-7/h2-11H,1H2;3,5-8,10H,1-2H2/t2-,3-,4+,5-,6?;/m1./s1. The molecule has 3 unspecified atom stereocenters. The molecule has 11 heteroatoms. The van der Waals surface area contributed by atoms with Crippen LogP contribution in [0.5, 0.6) is 0 Å². The molecule has 0 radical (unpaired) electrons. The molecule has 1 heterocycles. The first-order valence-electron chi connectivity index (χ1n) is 6.30. The molecule has 1 aliphatic rings. The quantitative estimate of drug-likeness (QED) is 0.232. The van der Waals surface area contributed by atoms with E-state index in [-0.39, 0.29) is 0 Å². The van der Waals surface area contributed by atoms with Gasteiger partial charge < -0.3 is 50.7 Å². The zero-order chi connectivity index (χ0) is 17.4. The lowest BCUT2D eigenvalue weighted by Crippen LogP contribution is -2.58. The molecule has 0 aliphatic carbocycles. The van der Waals surface area contributed by atoms with Crippen LogP contribution in [0.4, 0.5) is 0 Å². The van der Waals surface area contributed by atoms with E-state index in [1.54, 1.807) is 0 Å². The molecule has 1 rings (SSSR count). The molecule has 1 saturated heterocycles. The van der Waals surface area contributed by atoms with Gasteiger partial charge in [0.15, 0.2) is 12.1 Å². The first kappa shape index (κ1) is 21.3. The van der Waals surface area contributed by atoms with E-state index in [9.17, 15) is 4.79 Å². The van der Waals surface area contributed by atoms with Crippen molar-refractivity contribution in [2.75, 3.05) is 19.8 Å². The summed E-state index contributed by atoms with van der Waals surface area (Å²) in [7, 11) is 0. The van der Waals surface area contributed by atoms with Crippen molar-refractivity contribution in [3.8, 4) is 0 Å². The molecule has 0 aromatic heterocycles. The molecule has 132 valence electrons. The van der Waals surface area contributed by atoms with E-state index in [4.69, 9.17) is 46.0 Å². The van der Waals surface area contributed by atoms with Crippen LogP contribution in [-0.4, -0.2) is 114 Å². The van der Waals surface area contributed by atoms with E-state index in [1.165, 1.54) is 0 Å². The van der Waals surface area contributed by atoms with Crippen LogP contribution in [-0.2, 0) is 9.53 Å². The zero-order valence-electron chi connectivity index (χ0n) is 11.5. The van der Waals surface area contributed by atoms with Gasteiger partial charge in [0.2, 0.25) is 0 Å². The molecule has 0 bridgehead atoms. The van der Waals surface area contributed by atoms with Gasteiger partial charge in [0.05, 0.1) is 13.2 Å².